The SMILES string of the molecule is Cc1cc(C#N)nc(Oc2cc(Br)ccc2C(=O)O)n1. The van der Waals surface area contributed by atoms with E-state index in [0.717, 1.165) is 0 Å². The average Bonchev–Trinajstić information content (AvgIpc) is 2.37. The fourth-order valence-electron chi connectivity index (χ4n) is 1.50. The number of nitrogens with zero attached hydrogens (tertiary/aromatic N) is 3. The Morgan fingerprint density at radius 3 is 2.80 bits per heavy atom. The number of aryl methyl sites for hydroxylation is 1. The van der Waals surface area contributed by atoms with Crippen molar-refractivity contribution in [3.05, 3.63) is 45.7 Å². The van der Waals surface area contributed by atoms with Crippen LogP contribution in [-0.2, 0) is 0 Å². The van der Waals surface area contributed by atoms with E-state index in [2.05, 4.69) is 25.9 Å². The lowest BCUT2D eigenvalue weighted by atomic mass is 10.2. The number of nitriles is 1. The molecule has 7 heteroatoms. The van der Waals surface area contributed by atoms with Gasteiger partial charge in [0.1, 0.15) is 23.1 Å². The van der Waals surface area contributed by atoms with Gasteiger partial charge in [0.25, 0.3) is 0 Å². The van der Waals surface area contributed by atoms with E-state index in [4.69, 9.17) is 15.1 Å². The van der Waals surface area contributed by atoms with E-state index >= 15 is 0 Å². The highest BCUT2D eigenvalue weighted by Crippen LogP contribution is 2.27. The Kier molecular flexibility index (Phi) is 3.96. The molecule has 0 amide bonds. The molecule has 0 unspecified atom stereocenters. The summed E-state index contributed by atoms with van der Waals surface area (Å²) < 4.78 is 6.05. The molecule has 2 rings (SSSR count). The van der Waals surface area contributed by atoms with Crippen LogP contribution < -0.4 is 4.74 Å². The van der Waals surface area contributed by atoms with Crippen LogP contribution in [0.5, 0.6) is 11.8 Å². The molecule has 2 aromatic rings. The summed E-state index contributed by atoms with van der Waals surface area (Å²) in [5.74, 6) is -1.03. The molecule has 100 valence electrons. The summed E-state index contributed by atoms with van der Waals surface area (Å²) in [7, 11) is 0. The van der Waals surface area contributed by atoms with E-state index in [1.165, 1.54) is 18.2 Å². The molecule has 0 aliphatic rings. The lowest BCUT2D eigenvalue weighted by molar-refractivity contribution is 0.0694. The number of hydrogen-bond donors (Lipinski definition) is 1. The second-order valence-corrected chi connectivity index (χ2v) is 4.75. The van der Waals surface area contributed by atoms with Crippen molar-refractivity contribution >= 4 is 21.9 Å². The first kappa shape index (κ1) is 14.0. The fourth-order valence-corrected chi connectivity index (χ4v) is 1.84. The lowest BCUT2D eigenvalue weighted by Gasteiger charge is -2.08. The van der Waals surface area contributed by atoms with Gasteiger partial charge in [0.2, 0.25) is 0 Å². The zero-order chi connectivity index (χ0) is 14.7. The van der Waals surface area contributed by atoms with E-state index in [1.54, 1.807) is 13.0 Å². The van der Waals surface area contributed by atoms with Gasteiger partial charge in [-0.1, -0.05) is 15.9 Å². The van der Waals surface area contributed by atoms with Crippen molar-refractivity contribution in [3.8, 4) is 17.8 Å². The third kappa shape index (κ3) is 3.10. The maximum absolute atomic E-state index is 11.1. The number of hydrogen-bond acceptors (Lipinski definition) is 5. The molecule has 6 nitrogen and oxygen atoms in total. The molecule has 0 radical (unpaired) electrons. The van der Waals surface area contributed by atoms with Crippen molar-refractivity contribution < 1.29 is 14.6 Å². The quantitative estimate of drug-likeness (QED) is 0.927. The van der Waals surface area contributed by atoms with E-state index in [-0.39, 0.29) is 23.0 Å². The molecule has 1 N–H and O–H groups in total. The Labute approximate surface area is 122 Å². The summed E-state index contributed by atoms with van der Waals surface area (Å²) in [5, 5.41) is 17.9. The summed E-state index contributed by atoms with van der Waals surface area (Å²) in [4.78, 5) is 19.0. The molecule has 0 aliphatic heterocycles. The normalized spacial score (nSPS) is 9.85. The second kappa shape index (κ2) is 5.67. The molecule has 0 saturated carbocycles. The summed E-state index contributed by atoms with van der Waals surface area (Å²) in [6, 6.07) is 7.82. The highest BCUT2D eigenvalue weighted by atomic mass is 79.9. The monoisotopic (exact) mass is 333 g/mol. The first-order valence-corrected chi connectivity index (χ1v) is 6.25. The predicted molar refractivity (Wildman–Crippen MR) is 72.7 cm³/mol. The van der Waals surface area contributed by atoms with Gasteiger partial charge >= 0.3 is 12.0 Å². The molecular formula is C13H8BrN3O3. The van der Waals surface area contributed by atoms with Crippen LogP contribution in [0.2, 0.25) is 0 Å². The van der Waals surface area contributed by atoms with Gasteiger partial charge in [-0.3, -0.25) is 0 Å². The first-order valence-electron chi connectivity index (χ1n) is 5.46. The van der Waals surface area contributed by atoms with Crippen LogP contribution in [-0.4, -0.2) is 21.0 Å². The van der Waals surface area contributed by atoms with Gasteiger partial charge in [0, 0.05) is 10.2 Å². The third-order valence-corrected chi connectivity index (χ3v) is 2.82. The van der Waals surface area contributed by atoms with E-state index in [9.17, 15) is 4.79 Å². The van der Waals surface area contributed by atoms with Crippen LogP contribution in [0.4, 0.5) is 0 Å². The van der Waals surface area contributed by atoms with Gasteiger partial charge in [-0.15, -0.1) is 0 Å². The van der Waals surface area contributed by atoms with E-state index in [0.29, 0.717) is 10.2 Å². The molecule has 0 aliphatic carbocycles. The Morgan fingerprint density at radius 2 is 2.15 bits per heavy atom. The number of carboxylic acids is 1. The van der Waals surface area contributed by atoms with Gasteiger partial charge in [-0.05, 0) is 31.2 Å². The Hall–Kier alpha value is -2.46. The molecule has 1 aromatic heterocycles. The summed E-state index contributed by atoms with van der Waals surface area (Å²) in [5.41, 5.74) is 0.689. The Bertz CT molecular complexity index is 725. The van der Waals surface area contributed by atoms with Crippen LogP contribution in [0, 0.1) is 18.3 Å². The minimum Gasteiger partial charge on any atom is -0.478 e. The second-order valence-electron chi connectivity index (χ2n) is 3.84. The molecule has 0 bridgehead atoms. The van der Waals surface area contributed by atoms with Crippen LogP contribution in [0.15, 0.2) is 28.7 Å². The maximum atomic E-state index is 11.1. The van der Waals surface area contributed by atoms with E-state index in [1.807, 2.05) is 6.07 Å². The molecule has 0 spiro atoms. The summed E-state index contributed by atoms with van der Waals surface area (Å²) in [6.45, 7) is 1.69. The van der Waals surface area contributed by atoms with Crippen LogP contribution >= 0.6 is 15.9 Å². The molecule has 0 saturated heterocycles. The topological polar surface area (TPSA) is 96.1 Å². The minimum atomic E-state index is -1.12. The molecule has 1 aromatic carbocycles. The molecule has 0 atom stereocenters. The number of carbonyl (C=O) groups is 1. The number of aromatic carboxylic acids is 1. The van der Waals surface area contributed by atoms with Gasteiger partial charge in [0.05, 0.1) is 0 Å². The molecular weight excluding hydrogens is 326 g/mol. The number of rotatable bonds is 3. The smallest absolute Gasteiger partial charge is 0.339 e. The number of carboxylic acid groups (broad SMARTS) is 1. The van der Waals surface area contributed by atoms with Gasteiger partial charge < -0.3 is 9.84 Å². The van der Waals surface area contributed by atoms with Crippen LogP contribution in [0.25, 0.3) is 0 Å². The van der Waals surface area contributed by atoms with Crippen molar-refractivity contribution in [2.75, 3.05) is 0 Å². The highest BCUT2D eigenvalue weighted by molar-refractivity contribution is 9.10. The number of halogens is 1. The van der Waals surface area contributed by atoms with Crippen LogP contribution in [0.1, 0.15) is 21.7 Å². The standard InChI is InChI=1S/C13H8BrN3O3/c1-7-4-9(6-15)17-13(16-7)20-11-5-8(14)2-3-10(11)12(18)19/h2-5H,1H3,(H,18,19). The van der Waals surface area contributed by atoms with Crippen molar-refractivity contribution in [2.45, 2.75) is 6.92 Å². The van der Waals surface area contributed by atoms with Crippen molar-refractivity contribution in [2.24, 2.45) is 0 Å². The van der Waals surface area contributed by atoms with Gasteiger partial charge in [0.15, 0.2) is 0 Å². The minimum absolute atomic E-state index is 0.0168. The zero-order valence-corrected chi connectivity index (χ0v) is 11.9. The number of benzene rings is 1. The fraction of sp³-hybridized carbons (Fsp3) is 0.0769. The molecule has 0 fully saturated rings. The summed E-state index contributed by atoms with van der Waals surface area (Å²) in [6.07, 6.45) is 0. The van der Waals surface area contributed by atoms with E-state index < -0.39 is 5.97 Å². The lowest BCUT2D eigenvalue weighted by Crippen LogP contribution is -2.02. The molecule has 20 heavy (non-hydrogen) atoms. The summed E-state index contributed by atoms with van der Waals surface area (Å²) >= 11 is 3.24. The van der Waals surface area contributed by atoms with Crippen molar-refractivity contribution in [1.29, 1.82) is 5.26 Å². The first-order chi connectivity index (χ1) is 9.49. The zero-order valence-electron chi connectivity index (χ0n) is 10.3. The van der Waals surface area contributed by atoms with Crippen molar-refractivity contribution in [1.82, 2.24) is 9.97 Å². The Balaban J connectivity index is 2.44. The third-order valence-electron chi connectivity index (χ3n) is 2.32. The van der Waals surface area contributed by atoms with Gasteiger partial charge in [-0.2, -0.15) is 10.2 Å². The maximum Gasteiger partial charge on any atom is 0.339 e. The highest BCUT2D eigenvalue weighted by Gasteiger charge is 2.14. The Morgan fingerprint density at radius 1 is 1.40 bits per heavy atom. The predicted octanol–water partition coefficient (Wildman–Crippen LogP) is 2.91. The molecule has 1 heterocycles. The number of aromatic nitrogens is 2. The van der Waals surface area contributed by atoms with Crippen molar-refractivity contribution in [3.63, 3.8) is 0 Å². The van der Waals surface area contributed by atoms with Gasteiger partial charge in [-0.25, -0.2) is 9.78 Å². The number of ether oxygens (including phenoxy) is 1. The average molecular weight is 334 g/mol. The largest absolute Gasteiger partial charge is 0.478 e. The van der Waals surface area contributed by atoms with Crippen LogP contribution in [0.3, 0.4) is 0 Å².